The first-order valence-corrected chi connectivity index (χ1v) is 7.41. The van der Waals surface area contributed by atoms with Crippen LogP contribution in [0.4, 0.5) is 0 Å². The van der Waals surface area contributed by atoms with Crippen LogP contribution in [0.2, 0.25) is 0 Å². The third kappa shape index (κ3) is 4.75. The number of ether oxygens (including phenoxy) is 1. The summed E-state index contributed by atoms with van der Waals surface area (Å²) in [6.45, 7) is 9.47. The predicted molar refractivity (Wildman–Crippen MR) is 83.4 cm³/mol. The lowest BCUT2D eigenvalue weighted by Crippen LogP contribution is -2.55. The summed E-state index contributed by atoms with van der Waals surface area (Å²) >= 11 is 0. The highest BCUT2D eigenvalue weighted by Crippen LogP contribution is 2.17. The molecule has 0 amide bonds. The quantitative estimate of drug-likeness (QED) is 0.628. The van der Waals surface area contributed by atoms with Crippen LogP contribution < -0.4 is 10.6 Å². The van der Waals surface area contributed by atoms with Gasteiger partial charge in [0.1, 0.15) is 5.76 Å². The van der Waals surface area contributed by atoms with Crippen molar-refractivity contribution >= 4 is 5.96 Å². The average Bonchev–Trinajstić information content (AvgIpc) is 2.97. The van der Waals surface area contributed by atoms with Gasteiger partial charge < -0.3 is 19.8 Å². The van der Waals surface area contributed by atoms with Crippen LogP contribution in [0.1, 0.15) is 19.6 Å². The number of hydrogen-bond donors (Lipinski definition) is 2. The molecule has 6 heteroatoms. The number of morpholine rings is 1. The van der Waals surface area contributed by atoms with Crippen molar-refractivity contribution in [3.05, 3.63) is 24.2 Å². The summed E-state index contributed by atoms with van der Waals surface area (Å²) < 4.78 is 10.8. The van der Waals surface area contributed by atoms with Gasteiger partial charge in [-0.25, -0.2) is 0 Å². The molecule has 1 aromatic heterocycles. The number of hydrogen-bond acceptors (Lipinski definition) is 4. The van der Waals surface area contributed by atoms with Crippen molar-refractivity contribution in [2.75, 3.05) is 39.9 Å². The van der Waals surface area contributed by atoms with Gasteiger partial charge in [0.2, 0.25) is 0 Å². The predicted octanol–water partition coefficient (Wildman–Crippen LogP) is 1.06. The normalized spacial score (nSPS) is 19.5. The molecule has 0 saturated carbocycles. The van der Waals surface area contributed by atoms with E-state index in [-0.39, 0.29) is 5.54 Å². The van der Waals surface area contributed by atoms with Crippen LogP contribution >= 0.6 is 0 Å². The van der Waals surface area contributed by atoms with Crippen molar-refractivity contribution in [1.82, 2.24) is 15.5 Å². The molecule has 0 bridgehead atoms. The maximum absolute atomic E-state index is 5.53. The van der Waals surface area contributed by atoms with E-state index >= 15 is 0 Å². The summed E-state index contributed by atoms with van der Waals surface area (Å²) in [4.78, 5) is 6.66. The molecule has 0 unspecified atom stereocenters. The van der Waals surface area contributed by atoms with Crippen LogP contribution in [0.25, 0.3) is 0 Å². The summed E-state index contributed by atoms with van der Waals surface area (Å²) in [6.07, 6.45) is 1.67. The van der Waals surface area contributed by atoms with Crippen molar-refractivity contribution in [1.29, 1.82) is 0 Å². The van der Waals surface area contributed by atoms with E-state index in [9.17, 15) is 0 Å². The van der Waals surface area contributed by atoms with Crippen LogP contribution in [0.3, 0.4) is 0 Å². The fraction of sp³-hybridized carbons (Fsp3) is 0.667. The summed E-state index contributed by atoms with van der Waals surface area (Å²) in [6, 6.07) is 3.82. The Morgan fingerprint density at radius 3 is 2.95 bits per heavy atom. The molecular formula is C15H26N4O2. The van der Waals surface area contributed by atoms with Gasteiger partial charge in [0, 0.05) is 32.2 Å². The molecule has 118 valence electrons. The highest BCUT2D eigenvalue weighted by molar-refractivity contribution is 5.79. The van der Waals surface area contributed by atoms with Crippen molar-refractivity contribution < 1.29 is 9.15 Å². The number of aliphatic imine (C=N–C) groups is 1. The van der Waals surface area contributed by atoms with Gasteiger partial charge in [-0.1, -0.05) is 0 Å². The Morgan fingerprint density at radius 1 is 1.43 bits per heavy atom. The summed E-state index contributed by atoms with van der Waals surface area (Å²) in [5.41, 5.74) is 0.102. The Balaban J connectivity index is 1.70. The molecule has 2 rings (SSSR count). The zero-order chi connectivity index (χ0) is 15.1. The van der Waals surface area contributed by atoms with E-state index in [0.29, 0.717) is 6.54 Å². The molecule has 6 nitrogen and oxygen atoms in total. The Bertz CT molecular complexity index is 443. The topological polar surface area (TPSA) is 62.0 Å². The first-order valence-electron chi connectivity index (χ1n) is 7.41. The fourth-order valence-corrected chi connectivity index (χ4v) is 2.42. The van der Waals surface area contributed by atoms with Gasteiger partial charge >= 0.3 is 0 Å². The number of guanidine groups is 1. The van der Waals surface area contributed by atoms with Gasteiger partial charge in [0.25, 0.3) is 0 Å². The first-order chi connectivity index (χ1) is 10.1. The minimum atomic E-state index is 0.102. The largest absolute Gasteiger partial charge is 0.467 e. The van der Waals surface area contributed by atoms with E-state index in [0.717, 1.165) is 44.6 Å². The molecule has 0 radical (unpaired) electrons. The number of furan rings is 1. The molecule has 0 aromatic carbocycles. The molecule has 1 aliphatic heterocycles. The van der Waals surface area contributed by atoms with E-state index in [1.54, 1.807) is 13.3 Å². The number of nitrogens with one attached hydrogen (secondary N) is 2. The van der Waals surface area contributed by atoms with Crippen LogP contribution in [0, 0.1) is 0 Å². The molecule has 0 aliphatic carbocycles. The highest BCUT2D eigenvalue weighted by Gasteiger charge is 2.29. The number of rotatable bonds is 5. The molecule has 0 spiro atoms. The Morgan fingerprint density at radius 2 is 2.29 bits per heavy atom. The second kappa shape index (κ2) is 7.47. The van der Waals surface area contributed by atoms with Crippen LogP contribution in [0.5, 0.6) is 0 Å². The van der Waals surface area contributed by atoms with Gasteiger partial charge in [0.15, 0.2) is 5.96 Å². The summed E-state index contributed by atoms with van der Waals surface area (Å²) in [5, 5.41) is 6.56. The van der Waals surface area contributed by atoms with Crippen LogP contribution in [0.15, 0.2) is 27.8 Å². The lowest BCUT2D eigenvalue weighted by atomic mass is 10.0. The summed E-state index contributed by atoms with van der Waals surface area (Å²) in [7, 11) is 1.77. The second-order valence-electron chi connectivity index (χ2n) is 5.78. The third-order valence-corrected chi connectivity index (χ3v) is 3.72. The van der Waals surface area contributed by atoms with Crippen molar-refractivity contribution in [3.63, 3.8) is 0 Å². The van der Waals surface area contributed by atoms with E-state index in [2.05, 4.69) is 34.4 Å². The van der Waals surface area contributed by atoms with Gasteiger partial charge in [-0.3, -0.25) is 9.89 Å². The molecule has 1 saturated heterocycles. The Labute approximate surface area is 126 Å². The van der Waals surface area contributed by atoms with E-state index < -0.39 is 0 Å². The molecule has 0 atom stereocenters. The number of nitrogens with zero attached hydrogens (tertiary/aromatic N) is 2. The second-order valence-corrected chi connectivity index (χ2v) is 5.78. The average molecular weight is 294 g/mol. The third-order valence-electron chi connectivity index (χ3n) is 3.72. The molecule has 2 heterocycles. The zero-order valence-corrected chi connectivity index (χ0v) is 13.2. The van der Waals surface area contributed by atoms with Gasteiger partial charge in [-0.15, -0.1) is 0 Å². The molecule has 21 heavy (non-hydrogen) atoms. The van der Waals surface area contributed by atoms with E-state index in [1.165, 1.54) is 0 Å². The molecule has 1 aliphatic rings. The minimum Gasteiger partial charge on any atom is -0.467 e. The first kappa shape index (κ1) is 15.9. The molecule has 1 fully saturated rings. The van der Waals surface area contributed by atoms with Gasteiger partial charge in [0.05, 0.1) is 26.0 Å². The fourth-order valence-electron chi connectivity index (χ4n) is 2.42. The van der Waals surface area contributed by atoms with Gasteiger partial charge in [-0.2, -0.15) is 0 Å². The smallest absolute Gasteiger partial charge is 0.191 e. The Kier molecular flexibility index (Phi) is 5.64. The maximum Gasteiger partial charge on any atom is 0.191 e. The van der Waals surface area contributed by atoms with E-state index in [4.69, 9.17) is 9.15 Å². The lowest BCUT2D eigenvalue weighted by molar-refractivity contribution is -0.0496. The zero-order valence-electron chi connectivity index (χ0n) is 13.2. The van der Waals surface area contributed by atoms with Gasteiger partial charge in [-0.05, 0) is 26.0 Å². The Hall–Kier alpha value is -1.53. The van der Waals surface area contributed by atoms with Crippen molar-refractivity contribution in [3.8, 4) is 0 Å². The maximum atomic E-state index is 5.53. The van der Waals surface area contributed by atoms with Crippen LogP contribution in [-0.4, -0.2) is 56.3 Å². The van der Waals surface area contributed by atoms with Crippen molar-refractivity contribution in [2.24, 2.45) is 4.99 Å². The van der Waals surface area contributed by atoms with E-state index in [1.807, 2.05) is 12.1 Å². The highest BCUT2D eigenvalue weighted by atomic mass is 16.5. The molecule has 2 N–H and O–H groups in total. The lowest BCUT2D eigenvalue weighted by Gasteiger charge is -2.42. The molecular weight excluding hydrogens is 268 g/mol. The standard InChI is InChI=1S/C15H26N4O2/c1-15(2)12-20-10-8-19(15)7-6-17-14(16-3)18-11-13-5-4-9-21-13/h4-5,9H,6-8,10-12H2,1-3H3,(H2,16,17,18). The SMILES string of the molecule is CN=C(NCCN1CCOCC1(C)C)NCc1ccco1. The van der Waals surface area contributed by atoms with Crippen molar-refractivity contribution in [2.45, 2.75) is 25.9 Å². The minimum absolute atomic E-state index is 0.102. The monoisotopic (exact) mass is 294 g/mol. The van der Waals surface area contributed by atoms with Crippen LogP contribution in [-0.2, 0) is 11.3 Å². The summed E-state index contributed by atoms with van der Waals surface area (Å²) in [5.74, 6) is 1.68. The molecule has 1 aromatic rings.